The van der Waals surface area contributed by atoms with Gasteiger partial charge in [0.15, 0.2) is 0 Å². The third kappa shape index (κ3) is 7.01. The number of urea groups is 1. The highest BCUT2D eigenvalue weighted by Gasteiger charge is 2.46. The van der Waals surface area contributed by atoms with E-state index in [0.717, 1.165) is 17.9 Å². The van der Waals surface area contributed by atoms with Crippen molar-refractivity contribution in [2.45, 2.75) is 45.1 Å². The highest BCUT2D eigenvalue weighted by atomic mass is 28.3. The first-order chi connectivity index (χ1) is 9.93. The summed E-state index contributed by atoms with van der Waals surface area (Å²) < 4.78 is 5.41. The fourth-order valence-corrected chi connectivity index (χ4v) is 2.29. The Balaban J connectivity index is 0.000000980. The smallest absolute Gasteiger partial charge is 0.326 e. The van der Waals surface area contributed by atoms with E-state index in [2.05, 4.69) is 25.0 Å². The molecule has 1 fully saturated rings. The van der Waals surface area contributed by atoms with E-state index in [1.807, 2.05) is 0 Å². The van der Waals surface area contributed by atoms with Crippen LogP contribution in [0.5, 0.6) is 0 Å². The fourth-order valence-electron chi connectivity index (χ4n) is 1.54. The third-order valence-electron chi connectivity index (χ3n) is 2.97. The Hall–Kier alpha value is -1.45. The molecule has 1 atom stereocenters. The normalized spacial score (nSPS) is 21.3. The van der Waals surface area contributed by atoms with Crippen LogP contribution in [0.25, 0.3) is 0 Å². The Bertz CT molecular complexity index is 420. The zero-order valence-electron chi connectivity index (χ0n) is 13.9. The lowest BCUT2D eigenvalue weighted by Gasteiger charge is -2.20. The minimum atomic E-state index is -1.15. The maximum absolute atomic E-state index is 12.0. The largest absolute Gasteiger partial charge is 0.481 e. The van der Waals surface area contributed by atoms with E-state index in [1.54, 1.807) is 6.92 Å². The third-order valence-corrected chi connectivity index (χ3v) is 4.67. The Kier molecular flexibility index (Phi) is 7.71. The van der Waals surface area contributed by atoms with Crippen molar-refractivity contribution in [2.24, 2.45) is 5.73 Å². The summed E-state index contributed by atoms with van der Waals surface area (Å²) in [6.07, 6.45) is 0. The minimum Gasteiger partial charge on any atom is -0.481 e. The minimum absolute atomic E-state index is 0.00470. The topological polar surface area (TPSA) is 122 Å². The van der Waals surface area contributed by atoms with E-state index in [9.17, 15) is 9.59 Å². The van der Waals surface area contributed by atoms with Crippen LogP contribution in [-0.2, 0) is 14.3 Å². The van der Waals surface area contributed by atoms with Crippen molar-refractivity contribution in [3.8, 4) is 0 Å². The maximum atomic E-state index is 12.0. The Morgan fingerprint density at radius 3 is 2.27 bits per heavy atom. The SMILES string of the molecule is CC(=O)O.CC1(CN)NC(=O)N(COCC[Si](C)(C)C)C1=O. The summed E-state index contributed by atoms with van der Waals surface area (Å²) in [5.74, 6) is -1.15. The number of carbonyl (C=O) groups excluding carboxylic acids is 2. The predicted octanol–water partition coefficient (Wildman–Crippen LogP) is 0.659. The van der Waals surface area contributed by atoms with E-state index in [1.165, 1.54) is 0 Å². The predicted molar refractivity (Wildman–Crippen MR) is 85.1 cm³/mol. The molecule has 0 aromatic heterocycles. The molecule has 4 N–H and O–H groups in total. The first kappa shape index (κ1) is 20.5. The van der Waals surface area contributed by atoms with Gasteiger partial charge in [-0.05, 0) is 13.0 Å². The monoisotopic (exact) mass is 333 g/mol. The average Bonchev–Trinajstić information content (AvgIpc) is 2.56. The number of nitrogens with zero attached hydrogens (tertiary/aromatic N) is 1. The number of ether oxygens (including phenoxy) is 1. The van der Waals surface area contributed by atoms with Crippen LogP contribution in [0.4, 0.5) is 4.79 Å². The van der Waals surface area contributed by atoms with Crippen LogP contribution < -0.4 is 11.1 Å². The molecule has 1 aliphatic heterocycles. The number of carbonyl (C=O) groups is 3. The van der Waals surface area contributed by atoms with E-state index in [4.69, 9.17) is 20.4 Å². The van der Waals surface area contributed by atoms with Gasteiger partial charge >= 0.3 is 6.03 Å². The number of nitrogens with two attached hydrogens (primary N) is 1. The second kappa shape index (κ2) is 8.25. The Morgan fingerprint density at radius 2 is 1.91 bits per heavy atom. The van der Waals surface area contributed by atoms with Crippen molar-refractivity contribution >= 4 is 26.0 Å². The molecule has 0 bridgehead atoms. The van der Waals surface area contributed by atoms with Gasteiger partial charge in [0.25, 0.3) is 11.9 Å². The van der Waals surface area contributed by atoms with E-state index in [-0.39, 0.29) is 19.2 Å². The van der Waals surface area contributed by atoms with Gasteiger partial charge in [0.05, 0.1) is 0 Å². The summed E-state index contributed by atoms with van der Waals surface area (Å²) in [5, 5.41) is 9.99. The molecule has 1 aliphatic rings. The summed E-state index contributed by atoms with van der Waals surface area (Å²) >= 11 is 0. The van der Waals surface area contributed by atoms with Gasteiger partial charge in [0.1, 0.15) is 12.3 Å². The number of hydrogen-bond donors (Lipinski definition) is 3. The number of aliphatic carboxylic acids is 1. The summed E-state index contributed by atoms with van der Waals surface area (Å²) in [6, 6.07) is 0.575. The van der Waals surface area contributed by atoms with Gasteiger partial charge in [0.2, 0.25) is 0 Å². The number of imide groups is 1. The lowest BCUT2D eigenvalue weighted by Crippen LogP contribution is -2.50. The Labute approximate surface area is 132 Å². The highest BCUT2D eigenvalue weighted by Crippen LogP contribution is 2.16. The molecular weight excluding hydrogens is 306 g/mol. The van der Waals surface area contributed by atoms with E-state index in [0.29, 0.717) is 6.61 Å². The van der Waals surface area contributed by atoms with Gasteiger partial charge in [-0.15, -0.1) is 0 Å². The molecule has 1 rings (SSSR count). The maximum Gasteiger partial charge on any atom is 0.326 e. The molecule has 0 aliphatic carbocycles. The number of nitrogens with one attached hydrogen (secondary N) is 1. The van der Waals surface area contributed by atoms with Crippen LogP contribution in [-0.4, -0.2) is 61.4 Å². The molecule has 1 unspecified atom stereocenters. The first-order valence-electron chi connectivity index (χ1n) is 7.04. The van der Waals surface area contributed by atoms with Crippen molar-refractivity contribution in [2.75, 3.05) is 19.9 Å². The van der Waals surface area contributed by atoms with Crippen molar-refractivity contribution in [3.63, 3.8) is 0 Å². The summed E-state index contributed by atoms with van der Waals surface area (Å²) in [4.78, 5) is 33.6. The molecule has 0 saturated carbocycles. The first-order valence-corrected chi connectivity index (χ1v) is 10.7. The van der Waals surface area contributed by atoms with Gasteiger partial charge in [-0.25, -0.2) is 9.69 Å². The molecule has 0 aromatic carbocycles. The summed E-state index contributed by atoms with van der Waals surface area (Å²) in [5.41, 5.74) is 4.51. The molecule has 9 heteroatoms. The van der Waals surface area contributed by atoms with Crippen LogP contribution >= 0.6 is 0 Å². The fraction of sp³-hybridized carbons (Fsp3) is 0.769. The highest BCUT2D eigenvalue weighted by molar-refractivity contribution is 6.76. The van der Waals surface area contributed by atoms with Crippen LogP contribution in [0, 0.1) is 0 Å². The molecular formula is C13H27N3O5Si. The van der Waals surface area contributed by atoms with E-state index < -0.39 is 25.6 Å². The zero-order valence-corrected chi connectivity index (χ0v) is 14.9. The van der Waals surface area contributed by atoms with Crippen LogP contribution in [0.2, 0.25) is 25.7 Å². The van der Waals surface area contributed by atoms with Crippen LogP contribution in [0.1, 0.15) is 13.8 Å². The van der Waals surface area contributed by atoms with Gasteiger partial charge in [-0.2, -0.15) is 0 Å². The molecule has 0 aromatic rings. The summed E-state index contributed by atoms with van der Waals surface area (Å²) in [7, 11) is -1.15. The lowest BCUT2D eigenvalue weighted by atomic mass is 10.0. The van der Waals surface area contributed by atoms with Crippen LogP contribution in [0.15, 0.2) is 0 Å². The van der Waals surface area contributed by atoms with Gasteiger partial charge in [0, 0.05) is 28.1 Å². The molecule has 128 valence electrons. The summed E-state index contributed by atoms with van der Waals surface area (Å²) in [6.45, 7) is 10.1. The molecule has 3 amide bonds. The van der Waals surface area contributed by atoms with Gasteiger partial charge < -0.3 is 20.9 Å². The molecule has 1 saturated heterocycles. The second-order valence-corrected chi connectivity index (χ2v) is 12.2. The van der Waals surface area contributed by atoms with Crippen LogP contribution in [0.3, 0.4) is 0 Å². The zero-order chi connectivity index (χ0) is 17.6. The molecule has 8 nitrogen and oxygen atoms in total. The molecule has 1 heterocycles. The molecule has 0 spiro atoms. The standard InChI is InChI=1S/C11H23N3O3Si.C2H4O2/c1-11(7-12)9(15)14(10(16)13-11)8-17-5-6-18(2,3)4;1-2(3)4/h5-8,12H2,1-4H3,(H,13,16);1H3,(H,3,4). The lowest BCUT2D eigenvalue weighted by molar-refractivity contribution is -0.135. The number of amides is 3. The van der Waals surface area contributed by atoms with Gasteiger partial charge in [-0.3, -0.25) is 9.59 Å². The van der Waals surface area contributed by atoms with E-state index >= 15 is 0 Å². The van der Waals surface area contributed by atoms with Crippen molar-refractivity contribution in [3.05, 3.63) is 0 Å². The Morgan fingerprint density at radius 1 is 1.41 bits per heavy atom. The van der Waals surface area contributed by atoms with Crippen molar-refractivity contribution < 1.29 is 24.2 Å². The number of carboxylic acids is 1. The average molecular weight is 333 g/mol. The quantitative estimate of drug-likeness (QED) is 0.373. The second-order valence-electron chi connectivity index (χ2n) is 6.57. The molecule has 0 radical (unpaired) electrons. The number of hydrogen-bond acceptors (Lipinski definition) is 5. The number of rotatable bonds is 6. The van der Waals surface area contributed by atoms with Crippen molar-refractivity contribution in [1.82, 2.24) is 10.2 Å². The number of carboxylic acid groups (broad SMARTS) is 1. The van der Waals surface area contributed by atoms with Crippen molar-refractivity contribution in [1.29, 1.82) is 0 Å². The van der Waals surface area contributed by atoms with Gasteiger partial charge in [-0.1, -0.05) is 19.6 Å². The molecule has 22 heavy (non-hydrogen) atoms.